The van der Waals surface area contributed by atoms with Crippen molar-refractivity contribution in [1.82, 2.24) is 25.4 Å². The van der Waals surface area contributed by atoms with Crippen molar-refractivity contribution in [3.8, 4) is 5.82 Å². The second kappa shape index (κ2) is 8.91. The fourth-order valence-electron chi connectivity index (χ4n) is 2.89. The molecular weight excluding hydrogens is 455 g/mol. The number of rotatable bonds is 5. The maximum Gasteiger partial charge on any atom is 0.435 e. The smallest absolute Gasteiger partial charge is 0.350 e. The molecule has 12 heteroatoms. The van der Waals surface area contributed by atoms with Crippen molar-refractivity contribution in [2.75, 3.05) is 5.75 Å². The van der Waals surface area contributed by atoms with E-state index in [9.17, 15) is 22.8 Å². The maximum absolute atomic E-state index is 13.3. The molecule has 0 saturated carbocycles. The van der Waals surface area contributed by atoms with Gasteiger partial charge in [0.25, 0.3) is 5.91 Å². The molecule has 2 amide bonds. The van der Waals surface area contributed by atoms with Gasteiger partial charge in [-0.05, 0) is 32.9 Å². The molecule has 7 nitrogen and oxygen atoms in total. The molecule has 166 valence electrons. The number of aromatic nitrogens is 3. The Labute approximate surface area is 185 Å². The van der Waals surface area contributed by atoms with Gasteiger partial charge in [-0.15, -0.1) is 11.8 Å². The van der Waals surface area contributed by atoms with Crippen molar-refractivity contribution in [3.05, 3.63) is 52.1 Å². The van der Waals surface area contributed by atoms with Gasteiger partial charge in [-0.25, -0.2) is 9.67 Å². The van der Waals surface area contributed by atoms with Gasteiger partial charge >= 0.3 is 6.18 Å². The number of amides is 2. The summed E-state index contributed by atoms with van der Waals surface area (Å²) < 4.78 is 40.6. The minimum Gasteiger partial charge on any atom is -0.350 e. The van der Waals surface area contributed by atoms with E-state index in [-0.39, 0.29) is 28.0 Å². The highest BCUT2D eigenvalue weighted by Crippen LogP contribution is 2.33. The molecule has 0 aliphatic carbocycles. The molecule has 2 N–H and O–H groups in total. The molecule has 3 rings (SSSR count). The lowest BCUT2D eigenvalue weighted by Crippen LogP contribution is -2.35. The molecule has 0 radical (unpaired) electrons. The molecule has 1 aliphatic rings. The van der Waals surface area contributed by atoms with Gasteiger partial charge in [0, 0.05) is 40.6 Å². The number of carbonyl (C=O) groups excluding carboxylic acids is 2. The molecule has 2 aromatic heterocycles. The zero-order valence-corrected chi connectivity index (χ0v) is 18.3. The molecule has 3 heterocycles. The lowest BCUT2D eigenvalue weighted by atomic mass is 10.1. The molecule has 0 aromatic carbocycles. The predicted molar refractivity (Wildman–Crippen MR) is 111 cm³/mol. The van der Waals surface area contributed by atoms with Crippen LogP contribution in [0.3, 0.4) is 0 Å². The second-order valence-corrected chi connectivity index (χ2v) is 8.80. The monoisotopic (exact) mass is 473 g/mol. The molecule has 1 atom stereocenters. The van der Waals surface area contributed by atoms with Gasteiger partial charge in [0.15, 0.2) is 11.5 Å². The lowest BCUT2D eigenvalue weighted by molar-refractivity contribution is -0.141. The van der Waals surface area contributed by atoms with Crippen LogP contribution in [0.15, 0.2) is 35.7 Å². The Bertz CT molecular complexity index is 1050. The Balaban J connectivity index is 2.02. The average molecular weight is 474 g/mol. The van der Waals surface area contributed by atoms with Gasteiger partial charge in [0.05, 0.1) is 5.02 Å². The third-order valence-corrected chi connectivity index (χ3v) is 5.81. The molecule has 31 heavy (non-hydrogen) atoms. The highest BCUT2D eigenvalue weighted by Gasteiger charge is 2.37. The quantitative estimate of drug-likeness (QED) is 0.693. The third kappa shape index (κ3) is 5.04. The zero-order valence-electron chi connectivity index (χ0n) is 16.7. The predicted octanol–water partition coefficient (Wildman–Crippen LogP) is 3.58. The fraction of sp³-hybridized carbons (Fsp3) is 0.368. The highest BCUT2D eigenvalue weighted by atomic mass is 35.5. The summed E-state index contributed by atoms with van der Waals surface area (Å²) >= 11 is 7.50. The van der Waals surface area contributed by atoms with Crippen LogP contribution in [0.5, 0.6) is 0 Å². The molecule has 0 fully saturated rings. The number of nitrogens with zero attached hydrogens (tertiary/aromatic N) is 3. The summed E-state index contributed by atoms with van der Waals surface area (Å²) in [5.74, 6) is -0.942. The standard InChI is InChI=1S/C19H19ClF3N5O2S/c1-9(2)25-17(29)11-8-31-10(3)15(11)26-18(30)13-7-14(19(21,22)23)27-28(13)16-12(20)5-4-6-24-16/h4-7,9-10H,8H2,1-3H3,(H,25,29)(H,26,30). The molecule has 1 unspecified atom stereocenters. The van der Waals surface area contributed by atoms with E-state index in [4.69, 9.17) is 11.6 Å². The van der Waals surface area contributed by atoms with E-state index in [0.29, 0.717) is 23.1 Å². The van der Waals surface area contributed by atoms with Crippen molar-refractivity contribution in [2.45, 2.75) is 38.2 Å². The Morgan fingerprint density at radius 1 is 1.32 bits per heavy atom. The van der Waals surface area contributed by atoms with Crippen LogP contribution < -0.4 is 10.6 Å². The van der Waals surface area contributed by atoms with Gasteiger partial charge in [-0.1, -0.05) is 11.6 Å². The van der Waals surface area contributed by atoms with E-state index >= 15 is 0 Å². The minimum atomic E-state index is -4.78. The van der Waals surface area contributed by atoms with Gasteiger partial charge in [-0.3, -0.25) is 9.59 Å². The number of hydrogen-bond acceptors (Lipinski definition) is 5. The van der Waals surface area contributed by atoms with Crippen LogP contribution >= 0.6 is 23.4 Å². The van der Waals surface area contributed by atoms with Crippen LogP contribution in [0.4, 0.5) is 13.2 Å². The molecule has 0 spiro atoms. The molecular formula is C19H19ClF3N5O2S. The van der Waals surface area contributed by atoms with Crippen LogP contribution in [0.1, 0.15) is 37.0 Å². The summed E-state index contributed by atoms with van der Waals surface area (Å²) in [7, 11) is 0. The minimum absolute atomic E-state index is 0.0226. The highest BCUT2D eigenvalue weighted by molar-refractivity contribution is 8.00. The first-order valence-electron chi connectivity index (χ1n) is 9.24. The van der Waals surface area contributed by atoms with E-state index in [1.54, 1.807) is 20.8 Å². The number of nitrogens with one attached hydrogen (secondary N) is 2. The first kappa shape index (κ1) is 23.1. The number of alkyl halides is 3. The topological polar surface area (TPSA) is 88.9 Å². The fourth-order valence-corrected chi connectivity index (χ4v) is 4.16. The van der Waals surface area contributed by atoms with Crippen molar-refractivity contribution >= 4 is 35.2 Å². The van der Waals surface area contributed by atoms with Gasteiger partial charge < -0.3 is 10.6 Å². The van der Waals surface area contributed by atoms with Crippen LogP contribution in [0.2, 0.25) is 5.02 Å². The first-order valence-corrected chi connectivity index (χ1v) is 10.7. The summed E-state index contributed by atoms with van der Waals surface area (Å²) in [6.45, 7) is 5.40. The van der Waals surface area contributed by atoms with Crippen molar-refractivity contribution < 1.29 is 22.8 Å². The number of carbonyl (C=O) groups is 2. The van der Waals surface area contributed by atoms with Crippen molar-refractivity contribution in [2.24, 2.45) is 0 Å². The molecule has 1 aliphatic heterocycles. The first-order chi connectivity index (χ1) is 14.5. The molecule has 2 aromatic rings. The lowest BCUT2D eigenvalue weighted by Gasteiger charge is -2.14. The largest absolute Gasteiger partial charge is 0.435 e. The second-order valence-electron chi connectivity index (χ2n) is 7.06. The number of halogens is 4. The third-order valence-electron chi connectivity index (χ3n) is 4.32. The summed E-state index contributed by atoms with van der Waals surface area (Å²) in [5, 5.41) is 8.66. The number of thioether (sulfide) groups is 1. The van der Waals surface area contributed by atoms with E-state index in [0.717, 1.165) is 4.68 Å². The summed E-state index contributed by atoms with van der Waals surface area (Å²) in [4.78, 5) is 29.4. The molecule has 0 saturated heterocycles. The van der Waals surface area contributed by atoms with Crippen LogP contribution in [0.25, 0.3) is 5.82 Å². The Morgan fingerprint density at radius 3 is 2.65 bits per heavy atom. The van der Waals surface area contributed by atoms with Crippen molar-refractivity contribution in [1.29, 1.82) is 0 Å². The average Bonchev–Trinajstić information content (AvgIpc) is 3.26. The van der Waals surface area contributed by atoms with Gasteiger partial charge in [0.2, 0.25) is 5.91 Å². The van der Waals surface area contributed by atoms with Crippen LogP contribution in [0, 0.1) is 0 Å². The summed E-state index contributed by atoms with van der Waals surface area (Å²) in [6.07, 6.45) is -3.45. The Morgan fingerprint density at radius 2 is 2.03 bits per heavy atom. The summed E-state index contributed by atoms with van der Waals surface area (Å²) in [5.41, 5.74) is -0.952. The zero-order chi connectivity index (χ0) is 22.9. The number of pyridine rings is 1. The van der Waals surface area contributed by atoms with E-state index in [1.165, 1.54) is 30.1 Å². The normalized spacial score (nSPS) is 16.7. The SMILES string of the molecule is CC(C)NC(=O)C1=C(NC(=O)c2cc(C(F)(F)F)nn2-c2ncccc2Cl)C(C)SC1. The van der Waals surface area contributed by atoms with Crippen molar-refractivity contribution in [3.63, 3.8) is 0 Å². The van der Waals surface area contributed by atoms with Gasteiger partial charge in [0.1, 0.15) is 5.69 Å². The van der Waals surface area contributed by atoms with Gasteiger partial charge in [-0.2, -0.15) is 18.3 Å². The Hall–Kier alpha value is -2.53. The maximum atomic E-state index is 13.3. The Kier molecular flexibility index (Phi) is 6.65. The van der Waals surface area contributed by atoms with E-state index in [2.05, 4.69) is 20.7 Å². The van der Waals surface area contributed by atoms with Crippen LogP contribution in [-0.4, -0.2) is 43.6 Å². The summed E-state index contributed by atoms with van der Waals surface area (Å²) in [6, 6.07) is 3.44. The van der Waals surface area contributed by atoms with E-state index < -0.39 is 23.5 Å². The van der Waals surface area contributed by atoms with E-state index in [1.807, 2.05) is 0 Å². The van der Waals surface area contributed by atoms with Crippen LogP contribution in [-0.2, 0) is 11.0 Å². The molecule has 0 bridgehead atoms. The number of hydrogen-bond donors (Lipinski definition) is 2.